The van der Waals surface area contributed by atoms with Crippen molar-refractivity contribution in [2.24, 2.45) is 0 Å². The molecule has 0 spiro atoms. The smallest absolute Gasteiger partial charge is 0.198 e. The summed E-state index contributed by atoms with van der Waals surface area (Å²) in [7, 11) is 1.54. The van der Waals surface area contributed by atoms with E-state index >= 15 is 0 Å². The third-order valence-electron chi connectivity index (χ3n) is 2.23. The van der Waals surface area contributed by atoms with Gasteiger partial charge in [0.05, 0.1) is 24.9 Å². The minimum absolute atomic E-state index is 0.297. The SMILES string of the molecule is COc1c(Cl)ncnc1NCc1scnc1C. The molecule has 0 unspecified atom stereocenters. The molecule has 0 radical (unpaired) electrons. The van der Waals surface area contributed by atoms with E-state index in [0.29, 0.717) is 23.3 Å². The predicted molar refractivity (Wildman–Crippen MR) is 67.8 cm³/mol. The van der Waals surface area contributed by atoms with Crippen molar-refractivity contribution in [3.05, 3.63) is 27.6 Å². The molecular weight excluding hydrogens is 260 g/mol. The van der Waals surface area contributed by atoms with Gasteiger partial charge in [-0.25, -0.2) is 15.0 Å². The van der Waals surface area contributed by atoms with Crippen molar-refractivity contribution in [3.8, 4) is 5.75 Å². The monoisotopic (exact) mass is 270 g/mol. The highest BCUT2D eigenvalue weighted by Gasteiger charge is 2.10. The molecule has 2 rings (SSSR count). The van der Waals surface area contributed by atoms with Gasteiger partial charge in [-0.15, -0.1) is 11.3 Å². The number of nitrogens with zero attached hydrogens (tertiary/aromatic N) is 3. The van der Waals surface area contributed by atoms with Crippen molar-refractivity contribution in [3.63, 3.8) is 0 Å². The molecule has 7 heteroatoms. The zero-order valence-corrected chi connectivity index (χ0v) is 11.0. The zero-order chi connectivity index (χ0) is 12.3. The number of hydrogen-bond acceptors (Lipinski definition) is 6. The molecule has 90 valence electrons. The van der Waals surface area contributed by atoms with Crippen molar-refractivity contribution in [2.45, 2.75) is 13.5 Å². The van der Waals surface area contributed by atoms with Gasteiger partial charge < -0.3 is 10.1 Å². The van der Waals surface area contributed by atoms with Gasteiger partial charge >= 0.3 is 0 Å². The first kappa shape index (κ1) is 12.1. The number of halogens is 1. The second-order valence-electron chi connectivity index (χ2n) is 3.26. The van der Waals surface area contributed by atoms with Crippen LogP contribution in [0.4, 0.5) is 5.82 Å². The molecule has 17 heavy (non-hydrogen) atoms. The van der Waals surface area contributed by atoms with Crippen LogP contribution in [0.25, 0.3) is 0 Å². The molecule has 0 aromatic carbocycles. The fourth-order valence-electron chi connectivity index (χ4n) is 1.32. The number of ether oxygens (including phenoxy) is 1. The lowest BCUT2D eigenvalue weighted by Crippen LogP contribution is -2.04. The first-order valence-electron chi connectivity index (χ1n) is 4.89. The number of aryl methyl sites for hydroxylation is 1. The van der Waals surface area contributed by atoms with Gasteiger partial charge in [-0.2, -0.15) is 0 Å². The lowest BCUT2D eigenvalue weighted by atomic mass is 10.4. The van der Waals surface area contributed by atoms with E-state index in [1.807, 2.05) is 12.4 Å². The van der Waals surface area contributed by atoms with Crippen LogP contribution in [0.3, 0.4) is 0 Å². The van der Waals surface area contributed by atoms with Crippen molar-refractivity contribution in [1.29, 1.82) is 0 Å². The van der Waals surface area contributed by atoms with Gasteiger partial charge in [-0.05, 0) is 6.92 Å². The van der Waals surface area contributed by atoms with Crippen LogP contribution in [-0.4, -0.2) is 22.1 Å². The molecule has 0 saturated carbocycles. The van der Waals surface area contributed by atoms with Gasteiger partial charge in [0.15, 0.2) is 16.7 Å². The number of methoxy groups -OCH3 is 1. The second kappa shape index (κ2) is 5.29. The average molecular weight is 271 g/mol. The molecular formula is C10H11ClN4OS. The van der Waals surface area contributed by atoms with E-state index in [4.69, 9.17) is 16.3 Å². The van der Waals surface area contributed by atoms with Crippen LogP contribution in [0.2, 0.25) is 5.15 Å². The summed E-state index contributed by atoms with van der Waals surface area (Å²) in [5.41, 5.74) is 2.83. The van der Waals surface area contributed by atoms with E-state index in [-0.39, 0.29) is 0 Å². The number of hydrogen-bond donors (Lipinski definition) is 1. The standard InChI is InChI=1S/C10H11ClN4OS/c1-6-7(17-5-15-6)3-12-10-8(16-2)9(11)13-4-14-10/h4-5H,3H2,1-2H3,(H,12,13,14). The van der Waals surface area contributed by atoms with Gasteiger partial charge in [0.1, 0.15) is 6.33 Å². The van der Waals surface area contributed by atoms with Crippen LogP contribution in [0.1, 0.15) is 10.6 Å². The summed E-state index contributed by atoms with van der Waals surface area (Å²) >= 11 is 7.49. The van der Waals surface area contributed by atoms with Crippen molar-refractivity contribution < 1.29 is 4.74 Å². The molecule has 0 atom stereocenters. The van der Waals surface area contributed by atoms with Crippen LogP contribution in [0.15, 0.2) is 11.8 Å². The molecule has 0 amide bonds. The third kappa shape index (κ3) is 2.65. The summed E-state index contributed by atoms with van der Waals surface area (Å²) in [6, 6.07) is 0. The highest BCUT2D eigenvalue weighted by molar-refractivity contribution is 7.09. The molecule has 0 aliphatic rings. The Balaban J connectivity index is 2.14. The van der Waals surface area contributed by atoms with Crippen LogP contribution >= 0.6 is 22.9 Å². The van der Waals surface area contributed by atoms with Crippen molar-refractivity contribution in [2.75, 3.05) is 12.4 Å². The Morgan fingerprint density at radius 3 is 2.88 bits per heavy atom. The van der Waals surface area contributed by atoms with E-state index in [2.05, 4.69) is 20.3 Å². The summed E-state index contributed by atoms with van der Waals surface area (Å²) in [5.74, 6) is 1.04. The number of thiazole rings is 1. The van der Waals surface area contributed by atoms with E-state index in [1.165, 1.54) is 13.4 Å². The van der Waals surface area contributed by atoms with Gasteiger partial charge in [-0.3, -0.25) is 0 Å². The van der Waals surface area contributed by atoms with Crippen molar-refractivity contribution >= 4 is 28.8 Å². The number of anilines is 1. The lowest BCUT2D eigenvalue weighted by Gasteiger charge is -2.09. The fraction of sp³-hybridized carbons (Fsp3) is 0.300. The first-order chi connectivity index (χ1) is 8.22. The van der Waals surface area contributed by atoms with E-state index in [1.54, 1.807) is 11.3 Å². The Labute approximate surface area is 108 Å². The lowest BCUT2D eigenvalue weighted by molar-refractivity contribution is 0.413. The number of aromatic nitrogens is 3. The summed E-state index contributed by atoms with van der Waals surface area (Å²) in [6.07, 6.45) is 1.40. The number of rotatable bonds is 4. The van der Waals surface area contributed by atoms with E-state index < -0.39 is 0 Å². The minimum Gasteiger partial charge on any atom is -0.490 e. The van der Waals surface area contributed by atoms with Gasteiger partial charge in [0.2, 0.25) is 0 Å². The predicted octanol–water partition coefficient (Wildman–Crippen LogP) is 2.52. The van der Waals surface area contributed by atoms with Gasteiger partial charge in [0, 0.05) is 4.88 Å². The Hall–Kier alpha value is -1.40. The largest absolute Gasteiger partial charge is 0.490 e. The molecule has 2 aromatic rings. The van der Waals surface area contributed by atoms with Gasteiger partial charge in [0.25, 0.3) is 0 Å². The third-order valence-corrected chi connectivity index (χ3v) is 3.43. The van der Waals surface area contributed by atoms with Crippen LogP contribution in [0, 0.1) is 6.92 Å². The highest BCUT2D eigenvalue weighted by atomic mass is 35.5. The van der Waals surface area contributed by atoms with E-state index in [0.717, 1.165) is 10.6 Å². The maximum Gasteiger partial charge on any atom is 0.198 e. The summed E-state index contributed by atoms with van der Waals surface area (Å²) in [6.45, 7) is 2.61. The molecule has 5 nitrogen and oxygen atoms in total. The molecule has 2 heterocycles. The Bertz CT molecular complexity index is 517. The summed E-state index contributed by atoms with van der Waals surface area (Å²) < 4.78 is 5.14. The average Bonchev–Trinajstić information content (AvgIpc) is 2.72. The summed E-state index contributed by atoms with van der Waals surface area (Å²) in [5, 5.41) is 3.46. The normalized spacial score (nSPS) is 10.3. The van der Waals surface area contributed by atoms with Gasteiger partial charge in [-0.1, -0.05) is 11.6 Å². The molecule has 0 aliphatic carbocycles. The Kier molecular flexibility index (Phi) is 3.75. The van der Waals surface area contributed by atoms with Crippen LogP contribution in [0.5, 0.6) is 5.75 Å². The molecule has 0 bridgehead atoms. The maximum atomic E-state index is 5.90. The highest BCUT2D eigenvalue weighted by Crippen LogP contribution is 2.29. The first-order valence-corrected chi connectivity index (χ1v) is 6.15. The molecule has 1 N–H and O–H groups in total. The fourth-order valence-corrected chi connectivity index (χ4v) is 2.25. The molecule has 0 fully saturated rings. The number of nitrogens with one attached hydrogen (secondary N) is 1. The van der Waals surface area contributed by atoms with Crippen molar-refractivity contribution in [1.82, 2.24) is 15.0 Å². The molecule has 2 aromatic heterocycles. The minimum atomic E-state index is 0.297. The summed E-state index contributed by atoms with van der Waals surface area (Å²) in [4.78, 5) is 13.3. The quantitative estimate of drug-likeness (QED) is 0.865. The maximum absolute atomic E-state index is 5.90. The zero-order valence-electron chi connectivity index (χ0n) is 9.40. The molecule has 0 aliphatic heterocycles. The molecule has 0 saturated heterocycles. The van der Waals surface area contributed by atoms with E-state index in [9.17, 15) is 0 Å². The second-order valence-corrected chi connectivity index (χ2v) is 4.56. The topological polar surface area (TPSA) is 59.9 Å². The Morgan fingerprint density at radius 1 is 1.41 bits per heavy atom. The Morgan fingerprint density at radius 2 is 2.24 bits per heavy atom. The van der Waals surface area contributed by atoms with Crippen LogP contribution in [-0.2, 0) is 6.54 Å². The van der Waals surface area contributed by atoms with Crippen LogP contribution < -0.4 is 10.1 Å².